The van der Waals surface area contributed by atoms with Crippen molar-refractivity contribution in [1.82, 2.24) is 10.2 Å². The van der Waals surface area contributed by atoms with Gasteiger partial charge in [-0.2, -0.15) is 0 Å². The number of anilines is 2. The first kappa shape index (κ1) is 18.0. The van der Waals surface area contributed by atoms with Gasteiger partial charge in [0.05, 0.1) is 19.5 Å². The Balaban J connectivity index is 1.40. The number of nitrogens with one attached hydrogen (secondary N) is 3. The normalized spacial score (nSPS) is 14.6. The van der Waals surface area contributed by atoms with Crippen LogP contribution in [0.25, 0.3) is 0 Å². The second-order valence-electron chi connectivity index (χ2n) is 5.84. The lowest BCUT2D eigenvalue weighted by molar-refractivity contribution is 0.0388. The van der Waals surface area contributed by atoms with E-state index in [-0.39, 0.29) is 17.7 Å². The van der Waals surface area contributed by atoms with Crippen LogP contribution in [-0.2, 0) is 4.74 Å². The van der Waals surface area contributed by atoms with Gasteiger partial charge in [-0.1, -0.05) is 0 Å². The quantitative estimate of drug-likeness (QED) is 0.734. The van der Waals surface area contributed by atoms with Gasteiger partial charge in [0.25, 0.3) is 5.91 Å². The summed E-state index contributed by atoms with van der Waals surface area (Å²) in [6.45, 7) is 4.66. The van der Waals surface area contributed by atoms with Crippen molar-refractivity contribution in [1.29, 1.82) is 0 Å². The Morgan fingerprint density at radius 3 is 2.35 bits per heavy atom. The Morgan fingerprint density at radius 1 is 1.00 bits per heavy atom. The average Bonchev–Trinajstić information content (AvgIpc) is 3.19. The van der Waals surface area contributed by atoms with Crippen LogP contribution in [-0.4, -0.2) is 56.2 Å². The number of nitrogens with zero attached hydrogens (tertiary/aromatic N) is 1. The zero-order valence-electron chi connectivity index (χ0n) is 14.4. The number of carbonyl (C=O) groups excluding carboxylic acids is 2. The molecule has 0 bridgehead atoms. The molecule has 1 aromatic heterocycles. The van der Waals surface area contributed by atoms with E-state index in [1.165, 1.54) is 6.26 Å². The Labute approximate surface area is 151 Å². The molecule has 8 heteroatoms. The largest absolute Gasteiger partial charge is 0.459 e. The van der Waals surface area contributed by atoms with Crippen LogP contribution < -0.4 is 16.0 Å². The maximum Gasteiger partial charge on any atom is 0.319 e. The molecular weight excluding hydrogens is 336 g/mol. The van der Waals surface area contributed by atoms with E-state index in [0.29, 0.717) is 17.9 Å². The standard InChI is InChI=1S/C18H22N4O4/c23-17(16-2-1-11-26-16)20-14-3-5-15(6-4-14)21-18(24)19-7-8-22-9-12-25-13-10-22/h1-6,11H,7-10,12-13H2,(H,20,23)(H2,19,21,24). The fraction of sp³-hybridized carbons (Fsp3) is 0.333. The lowest BCUT2D eigenvalue weighted by Gasteiger charge is -2.26. The van der Waals surface area contributed by atoms with Crippen LogP contribution in [0.2, 0.25) is 0 Å². The summed E-state index contributed by atoms with van der Waals surface area (Å²) in [5.41, 5.74) is 1.26. The molecule has 1 saturated heterocycles. The fourth-order valence-electron chi connectivity index (χ4n) is 2.56. The van der Waals surface area contributed by atoms with Gasteiger partial charge in [0.15, 0.2) is 5.76 Å². The van der Waals surface area contributed by atoms with E-state index >= 15 is 0 Å². The molecule has 0 spiro atoms. The van der Waals surface area contributed by atoms with E-state index in [4.69, 9.17) is 9.15 Å². The predicted octanol–water partition coefficient (Wildman–Crippen LogP) is 1.99. The lowest BCUT2D eigenvalue weighted by Crippen LogP contribution is -2.42. The Bertz CT molecular complexity index is 709. The monoisotopic (exact) mass is 358 g/mol. The third-order valence-electron chi connectivity index (χ3n) is 3.96. The van der Waals surface area contributed by atoms with Gasteiger partial charge >= 0.3 is 6.03 Å². The topological polar surface area (TPSA) is 95.8 Å². The van der Waals surface area contributed by atoms with Crippen LogP contribution in [0, 0.1) is 0 Å². The molecule has 8 nitrogen and oxygen atoms in total. The average molecular weight is 358 g/mol. The minimum absolute atomic E-state index is 0.242. The number of rotatable bonds is 6. The number of carbonyl (C=O) groups is 2. The van der Waals surface area contributed by atoms with E-state index in [1.807, 2.05) is 0 Å². The lowest BCUT2D eigenvalue weighted by atomic mass is 10.2. The number of hydrogen-bond donors (Lipinski definition) is 3. The molecule has 1 aliphatic heterocycles. The second kappa shape index (κ2) is 9.02. The zero-order valence-corrected chi connectivity index (χ0v) is 14.4. The van der Waals surface area contributed by atoms with Gasteiger partial charge in [0, 0.05) is 37.6 Å². The number of urea groups is 1. The van der Waals surface area contributed by atoms with Crippen molar-refractivity contribution in [3.05, 3.63) is 48.4 Å². The third-order valence-corrected chi connectivity index (χ3v) is 3.96. The molecule has 1 fully saturated rings. The molecular formula is C18H22N4O4. The Morgan fingerprint density at radius 2 is 1.69 bits per heavy atom. The highest BCUT2D eigenvalue weighted by Crippen LogP contribution is 2.14. The summed E-state index contributed by atoms with van der Waals surface area (Å²) >= 11 is 0. The highest BCUT2D eigenvalue weighted by Gasteiger charge is 2.11. The molecule has 0 saturated carbocycles. The van der Waals surface area contributed by atoms with Gasteiger partial charge in [-0.05, 0) is 36.4 Å². The number of amides is 3. The molecule has 3 N–H and O–H groups in total. The molecule has 138 valence electrons. The molecule has 1 aromatic carbocycles. The second-order valence-corrected chi connectivity index (χ2v) is 5.84. The molecule has 0 unspecified atom stereocenters. The van der Waals surface area contributed by atoms with Gasteiger partial charge in [-0.3, -0.25) is 9.69 Å². The molecule has 2 heterocycles. The molecule has 0 radical (unpaired) electrons. The summed E-state index contributed by atoms with van der Waals surface area (Å²) < 4.78 is 10.3. The summed E-state index contributed by atoms with van der Waals surface area (Å²) in [7, 11) is 0. The van der Waals surface area contributed by atoms with Gasteiger partial charge in [0.1, 0.15) is 0 Å². The van der Waals surface area contributed by atoms with E-state index in [1.54, 1.807) is 36.4 Å². The van der Waals surface area contributed by atoms with Crippen LogP contribution in [0.15, 0.2) is 47.1 Å². The van der Waals surface area contributed by atoms with Crippen LogP contribution in [0.1, 0.15) is 10.6 Å². The van der Waals surface area contributed by atoms with Crippen LogP contribution in [0.5, 0.6) is 0 Å². The fourth-order valence-corrected chi connectivity index (χ4v) is 2.56. The molecule has 0 atom stereocenters. The van der Waals surface area contributed by atoms with Crippen molar-refractivity contribution in [2.75, 3.05) is 50.0 Å². The molecule has 3 amide bonds. The SMILES string of the molecule is O=C(NCCN1CCOCC1)Nc1ccc(NC(=O)c2ccco2)cc1. The third kappa shape index (κ3) is 5.33. The van der Waals surface area contributed by atoms with Crippen LogP contribution >= 0.6 is 0 Å². The molecule has 26 heavy (non-hydrogen) atoms. The van der Waals surface area contributed by atoms with E-state index in [0.717, 1.165) is 32.8 Å². The van der Waals surface area contributed by atoms with Gasteiger partial charge in [-0.25, -0.2) is 4.79 Å². The smallest absolute Gasteiger partial charge is 0.319 e. The van der Waals surface area contributed by atoms with E-state index in [2.05, 4.69) is 20.9 Å². The van der Waals surface area contributed by atoms with Crippen LogP contribution in [0.3, 0.4) is 0 Å². The van der Waals surface area contributed by atoms with E-state index in [9.17, 15) is 9.59 Å². The van der Waals surface area contributed by atoms with Crippen molar-refractivity contribution in [2.24, 2.45) is 0 Å². The van der Waals surface area contributed by atoms with E-state index < -0.39 is 0 Å². The number of ether oxygens (including phenoxy) is 1. The maximum atomic E-state index is 11.9. The molecule has 0 aliphatic carbocycles. The van der Waals surface area contributed by atoms with Crippen molar-refractivity contribution in [3.63, 3.8) is 0 Å². The first-order valence-corrected chi connectivity index (χ1v) is 8.50. The van der Waals surface area contributed by atoms with Crippen molar-refractivity contribution in [3.8, 4) is 0 Å². The highest BCUT2D eigenvalue weighted by molar-refractivity contribution is 6.02. The summed E-state index contributed by atoms with van der Waals surface area (Å²) in [6.07, 6.45) is 1.44. The Kier molecular flexibility index (Phi) is 6.24. The van der Waals surface area contributed by atoms with Gasteiger partial charge in [-0.15, -0.1) is 0 Å². The first-order valence-electron chi connectivity index (χ1n) is 8.50. The summed E-state index contributed by atoms with van der Waals surface area (Å²) in [5.74, 6) is -0.0802. The summed E-state index contributed by atoms with van der Waals surface area (Å²) in [4.78, 5) is 26.1. The number of hydrogen-bond acceptors (Lipinski definition) is 5. The minimum atomic E-state index is -0.323. The van der Waals surface area contributed by atoms with Crippen molar-refractivity contribution in [2.45, 2.75) is 0 Å². The summed E-state index contributed by atoms with van der Waals surface area (Å²) in [6, 6.07) is 9.85. The molecule has 2 aromatic rings. The van der Waals surface area contributed by atoms with Gasteiger partial charge < -0.3 is 25.1 Å². The highest BCUT2D eigenvalue weighted by atomic mass is 16.5. The molecule has 3 rings (SSSR count). The van der Waals surface area contributed by atoms with Crippen molar-refractivity contribution >= 4 is 23.3 Å². The zero-order chi connectivity index (χ0) is 18.2. The maximum absolute atomic E-state index is 11.9. The number of furan rings is 1. The van der Waals surface area contributed by atoms with Crippen molar-refractivity contribution < 1.29 is 18.7 Å². The van der Waals surface area contributed by atoms with Gasteiger partial charge in [0.2, 0.25) is 0 Å². The predicted molar refractivity (Wildman–Crippen MR) is 97.4 cm³/mol. The number of benzene rings is 1. The summed E-state index contributed by atoms with van der Waals surface area (Å²) in [5, 5.41) is 8.31. The Hall–Kier alpha value is -2.84. The number of morpholine rings is 1. The van der Waals surface area contributed by atoms with Crippen LogP contribution in [0.4, 0.5) is 16.2 Å². The first-order chi connectivity index (χ1) is 12.7. The molecule has 1 aliphatic rings. The minimum Gasteiger partial charge on any atom is -0.459 e.